The molecule has 0 aromatic heterocycles. The first-order valence-corrected chi connectivity index (χ1v) is 7.45. The summed E-state index contributed by atoms with van der Waals surface area (Å²) in [5.41, 5.74) is 1.10. The molecule has 0 amide bonds. The van der Waals surface area contributed by atoms with Gasteiger partial charge in [0.25, 0.3) is 0 Å². The third-order valence-electron chi connectivity index (χ3n) is 2.95. The van der Waals surface area contributed by atoms with E-state index in [1.165, 1.54) is 0 Å². The van der Waals surface area contributed by atoms with Crippen molar-refractivity contribution in [2.24, 2.45) is 0 Å². The van der Waals surface area contributed by atoms with Crippen molar-refractivity contribution in [2.75, 3.05) is 26.9 Å². The minimum atomic E-state index is -0.0378. The number of rotatable bonds is 11. The standard InChI is InChI=1S/C17H27NO3/c1-5-10-20-16-8-7-15(13-18-9-11-19-4)17(12-16)21-14(3)6-2/h6-8,12,14,18H,2,5,9-11,13H2,1,3-4H3. The molecule has 4 heteroatoms. The Morgan fingerprint density at radius 3 is 2.81 bits per heavy atom. The highest BCUT2D eigenvalue weighted by Crippen LogP contribution is 2.26. The monoisotopic (exact) mass is 293 g/mol. The van der Waals surface area contributed by atoms with Crippen molar-refractivity contribution in [1.82, 2.24) is 5.32 Å². The Morgan fingerprint density at radius 1 is 1.33 bits per heavy atom. The molecule has 1 unspecified atom stereocenters. The fraction of sp³-hybridized carbons (Fsp3) is 0.529. The average molecular weight is 293 g/mol. The quantitative estimate of drug-likeness (QED) is 0.502. The first-order valence-electron chi connectivity index (χ1n) is 7.45. The summed E-state index contributed by atoms with van der Waals surface area (Å²) in [7, 11) is 1.70. The van der Waals surface area contributed by atoms with Crippen molar-refractivity contribution in [3.05, 3.63) is 36.4 Å². The maximum Gasteiger partial charge on any atom is 0.128 e. The third kappa shape index (κ3) is 6.65. The van der Waals surface area contributed by atoms with E-state index in [-0.39, 0.29) is 6.10 Å². The van der Waals surface area contributed by atoms with E-state index in [4.69, 9.17) is 14.2 Å². The Labute approximate surface area is 128 Å². The minimum absolute atomic E-state index is 0.0378. The van der Waals surface area contributed by atoms with Gasteiger partial charge in [-0.1, -0.05) is 25.6 Å². The molecule has 1 atom stereocenters. The molecule has 1 aromatic carbocycles. The summed E-state index contributed by atoms with van der Waals surface area (Å²) in [6.07, 6.45) is 2.73. The van der Waals surface area contributed by atoms with Crippen LogP contribution in [0.25, 0.3) is 0 Å². The molecule has 0 bridgehead atoms. The summed E-state index contributed by atoms with van der Waals surface area (Å²) in [4.78, 5) is 0. The lowest BCUT2D eigenvalue weighted by Gasteiger charge is -2.17. The normalized spacial score (nSPS) is 12.0. The summed E-state index contributed by atoms with van der Waals surface area (Å²) >= 11 is 0. The van der Waals surface area contributed by atoms with E-state index in [1.54, 1.807) is 13.2 Å². The van der Waals surface area contributed by atoms with Gasteiger partial charge < -0.3 is 19.5 Å². The Morgan fingerprint density at radius 2 is 2.14 bits per heavy atom. The molecule has 1 aromatic rings. The molecule has 0 aliphatic rings. The van der Waals surface area contributed by atoms with Gasteiger partial charge in [-0.25, -0.2) is 0 Å². The minimum Gasteiger partial charge on any atom is -0.493 e. The first-order chi connectivity index (χ1) is 10.2. The lowest BCUT2D eigenvalue weighted by atomic mass is 10.2. The zero-order valence-corrected chi connectivity index (χ0v) is 13.4. The molecule has 0 aliphatic carbocycles. The SMILES string of the molecule is C=CC(C)Oc1cc(OCCC)ccc1CNCCOC. The summed E-state index contributed by atoms with van der Waals surface area (Å²) in [5, 5.41) is 3.33. The highest BCUT2D eigenvalue weighted by Gasteiger charge is 2.08. The van der Waals surface area contributed by atoms with Crippen molar-refractivity contribution in [1.29, 1.82) is 0 Å². The van der Waals surface area contributed by atoms with Crippen molar-refractivity contribution >= 4 is 0 Å². The first kappa shape index (κ1) is 17.5. The summed E-state index contributed by atoms with van der Waals surface area (Å²) in [6, 6.07) is 5.97. The molecular weight excluding hydrogens is 266 g/mol. The second-order valence-corrected chi connectivity index (χ2v) is 4.85. The fourth-order valence-corrected chi connectivity index (χ4v) is 1.75. The van der Waals surface area contributed by atoms with Gasteiger partial charge in [0.15, 0.2) is 0 Å². The van der Waals surface area contributed by atoms with Crippen molar-refractivity contribution in [3.63, 3.8) is 0 Å². The highest BCUT2D eigenvalue weighted by atomic mass is 16.5. The number of methoxy groups -OCH3 is 1. The predicted molar refractivity (Wildman–Crippen MR) is 86.1 cm³/mol. The molecule has 21 heavy (non-hydrogen) atoms. The van der Waals surface area contributed by atoms with E-state index in [9.17, 15) is 0 Å². The van der Waals surface area contributed by atoms with Crippen molar-refractivity contribution in [3.8, 4) is 11.5 Å². The molecule has 0 saturated carbocycles. The van der Waals surface area contributed by atoms with E-state index in [2.05, 4.69) is 18.8 Å². The van der Waals surface area contributed by atoms with E-state index in [0.29, 0.717) is 13.2 Å². The fourth-order valence-electron chi connectivity index (χ4n) is 1.75. The van der Waals surface area contributed by atoms with Crippen LogP contribution >= 0.6 is 0 Å². The van der Waals surface area contributed by atoms with Crippen LogP contribution in [-0.4, -0.2) is 33.0 Å². The molecular formula is C17H27NO3. The molecule has 0 fully saturated rings. The maximum absolute atomic E-state index is 5.90. The van der Waals surface area contributed by atoms with Gasteiger partial charge in [0.1, 0.15) is 17.6 Å². The lowest BCUT2D eigenvalue weighted by molar-refractivity contribution is 0.198. The summed E-state index contributed by atoms with van der Waals surface area (Å²) < 4.78 is 16.6. The Bertz CT molecular complexity index is 420. The van der Waals surface area contributed by atoms with Gasteiger partial charge >= 0.3 is 0 Å². The number of hydrogen-bond donors (Lipinski definition) is 1. The Balaban J connectivity index is 2.75. The van der Waals surface area contributed by atoms with Crippen LogP contribution in [0.3, 0.4) is 0 Å². The van der Waals surface area contributed by atoms with Crippen molar-refractivity contribution < 1.29 is 14.2 Å². The number of hydrogen-bond acceptors (Lipinski definition) is 4. The molecule has 0 radical (unpaired) electrons. The predicted octanol–water partition coefficient (Wildman–Crippen LogP) is 3.16. The zero-order chi connectivity index (χ0) is 15.5. The summed E-state index contributed by atoms with van der Waals surface area (Å²) in [6.45, 7) is 10.8. The molecule has 4 nitrogen and oxygen atoms in total. The van der Waals surface area contributed by atoms with E-state index < -0.39 is 0 Å². The number of benzene rings is 1. The van der Waals surface area contributed by atoms with Gasteiger partial charge in [-0.15, -0.1) is 0 Å². The van der Waals surface area contributed by atoms with Crippen LogP contribution in [0.15, 0.2) is 30.9 Å². The van der Waals surface area contributed by atoms with Crippen LogP contribution in [0.4, 0.5) is 0 Å². The van der Waals surface area contributed by atoms with Crippen molar-refractivity contribution in [2.45, 2.75) is 32.9 Å². The van der Waals surface area contributed by atoms with Crippen LogP contribution in [-0.2, 0) is 11.3 Å². The molecule has 0 aliphatic heterocycles. The van der Waals surface area contributed by atoms with Gasteiger partial charge in [-0.3, -0.25) is 0 Å². The van der Waals surface area contributed by atoms with Gasteiger partial charge in [-0.2, -0.15) is 0 Å². The second-order valence-electron chi connectivity index (χ2n) is 4.85. The van der Waals surface area contributed by atoms with Crippen LogP contribution in [0.5, 0.6) is 11.5 Å². The summed E-state index contributed by atoms with van der Waals surface area (Å²) in [5.74, 6) is 1.67. The molecule has 0 heterocycles. The maximum atomic E-state index is 5.90. The van der Waals surface area contributed by atoms with E-state index >= 15 is 0 Å². The third-order valence-corrected chi connectivity index (χ3v) is 2.95. The number of nitrogens with one attached hydrogen (secondary N) is 1. The molecule has 1 N–H and O–H groups in total. The van der Waals surface area contributed by atoms with Gasteiger partial charge in [0.2, 0.25) is 0 Å². The largest absolute Gasteiger partial charge is 0.493 e. The Kier molecular flexibility index (Phi) is 8.55. The molecule has 0 spiro atoms. The van der Waals surface area contributed by atoms with Gasteiger partial charge in [0, 0.05) is 31.8 Å². The average Bonchev–Trinajstić information content (AvgIpc) is 2.50. The van der Waals surface area contributed by atoms with Gasteiger partial charge in [0.05, 0.1) is 13.2 Å². The Hall–Kier alpha value is -1.52. The van der Waals surface area contributed by atoms with Crippen LogP contribution in [0, 0.1) is 0 Å². The van der Waals surface area contributed by atoms with Gasteiger partial charge in [-0.05, 0) is 19.4 Å². The van der Waals surface area contributed by atoms with Crippen LogP contribution in [0.2, 0.25) is 0 Å². The molecule has 118 valence electrons. The number of ether oxygens (including phenoxy) is 3. The van der Waals surface area contributed by atoms with E-state index in [0.717, 1.165) is 36.6 Å². The van der Waals surface area contributed by atoms with Crippen LogP contribution < -0.4 is 14.8 Å². The molecule has 1 rings (SSSR count). The molecule has 0 saturated heterocycles. The second kappa shape index (κ2) is 10.2. The lowest BCUT2D eigenvalue weighted by Crippen LogP contribution is -2.19. The smallest absolute Gasteiger partial charge is 0.128 e. The van der Waals surface area contributed by atoms with Crippen LogP contribution in [0.1, 0.15) is 25.8 Å². The highest BCUT2D eigenvalue weighted by molar-refractivity contribution is 5.41. The topological polar surface area (TPSA) is 39.7 Å². The van der Waals surface area contributed by atoms with E-state index in [1.807, 2.05) is 25.1 Å². The zero-order valence-electron chi connectivity index (χ0n) is 13.4.